The monoisotopic (exact) mass is 740 g/mol. The molecular formula is C46H40N6O4. The van der Waals surface area contributed by atoms with E-state index in [2.05, 4.69) is 88.9 Å². The molecule has 5 aromatic carbocycles. The van der Waals surface area contributed by atoms with E-state index < -0.39 is 5.97 Å². The molecule has 56 heavy (non-hydrogen) atoms. The molecule has 10 heteroatoms. The lowest BCUT2D eigenvalue weighted by Gasteiger charge is -2.19. The van der Waals surface area contributed by atoms with Crippen LogP contribution in [0.1, 0.15) is 47.2 Å². The Balaban J connectivity index is 1.18. The number of aryl methyl sites for hydroxylation is 4. The number of benzene rings is 5. The van der Waals surface area contributed by atoms with E-state index in [9.17, 15) is 14.7 Å². The van der Waals surface area contributed by atoms with Gasteiger partial charge in [-0.05, 0) is 92.1 Å². The lowest BCUT2D eigenvalue weighted by molar-refractivity contribution is -0.120. The summed E-state index contributed by atoms with van der Waals surface area (Å²) in [6, 6.07) is 33.0. The summed E-state index contributed by atoms with van der Waals surface area (Å²) in [6.45, 7) is 2.14. The van der Waals surface area contributed by atoms with Crippen molar-refractivity contribution in [1.29, 1.82) is 0 Å². The molecule has 0 radical (unpaired) electrons. The number of fused-ring (bicyclic) bond motifs is 6. The third-order valence-corrected chi connectivity index (χ3v) is 10.8. The molecule has 0 bridgehead atoms. The third-order valence-electron chi connectivity index (χ3n) is 10.8. The van der Waals surface area contributed by atoms with Crippen LogP contribution in [0.25, 0.3) is 55.0 Å². The van der Waals surface area contributed by atoms with Gasteiger partial charge in [0.2, 0.25) is 0 Å². The maximum Gasteiger partial charge on any atom is 0.339 e. The number of carbonyl (C=O) groups is 2. The fourth-order valence-corrected chi connectivity index (χ4v) is 8.19. The second kappa shape index (κ2) is 15.1. The lowest BCUT2D eigenvalue weighted by atomic mass is 10.0. The number of hydrogen-bond acceptors (Lipinski definition) is 5. The zero-order valence-corrected chi connectivity index (χ0v) is 30.8. The van der Waals surface area contributed by atoms with Crippen LogP contribution in [0.4, 0.5) is 0 Å². The van der Waals surface area contributed by atoms with E-state index in [1.807, 2.05) is 61.7 Å². The minimum absolute atomic E-state index is 0.0227. The predicted octanol–water partition coefficient (Wildman–Crippen LogP) is 9.55. The van der Waals surface area contributed by atoms with Crippen molar-refractivity contribution in [3.8, 4) is 17.1 Å². The quantitative estimate of drug-likeness (QED) is 0.0829. The number of hydrogen-bond donors (Lipinski definition) is 1. The highest BCUT2D eigenvalue weighted by Crippen LogP contribution is 2.41. The molecule has 1 N–H and O–H groups in total. The molecule has 9 rings (SSSR count). The van der Waals surface area contributed by atoms with Crippen molar-refractivity contribution in [2.75, 3.05) is 0 Å². The number of aromatic nitrogens is 6. The summed E-state index contributed by atoms with van der Waals surface area (Å²) in [7, 11) is 0. The highest BCUT2D eigenvalue weighted by molar-refractivity contribution is 6.12. The first-order chi connectivity index (χ1) is 27.6. The fourth-order valence-electron chi connectivity index (χ4n) is 8.19. The van der Waals surface area contributed by atoms with Gasteiger partial charge in [0.1, 0.15) is 11.3 Å². The molecule has 10 nitrogen and oxygen atoms in total. The highest BCUT2D eigenvalue weighted by atomic mass is 16.5. The first kappa shape index (κ1) is 34.8. The summed E-state index contributed by atoms with van der Waals surface area (Å²) in [5, 5.41) is 14.8. The van der Waals surface area contributed by atoms with Gasteiger partial charge in [-0.1, -0.05) is 48.5 Å². The molecule has 9 aromatic rings. The SMILES string of the molecule is O=COc1cc(-n2c3ccccc3c3cc(CCCCn4ccnc4)ccc32)c(-n2c3ccccc3c3cc(CCCCn4ccnc4)ccc32)cc1C(=O)O. The van der Waals surface area contributed by atoms with E-state index in [4.69, 9.17) is 4.74 Å². The molecule has 4 heterocycles. The van der Waals surface area contributed by atoms with Gasteiger partial charge in [0.15, 0.2) is 0 Å². The Kier molecular flexibility index (Phi) is 9.36. The first-order valence-corrected chi connectivity index (χ1v) is 19.1. The maximum atomic E-state index is 12.8. The molecule has 0 saturated carbocycles. The number of para-hydroxylation sites is 2. The van der Waals surface area contributed by atoms with Gasteiger partial charge in [-0.3, -0.25) is 4.79 Å². The van der Waals surface area contributed by atoms with Crippen molar-refractivity contribution in [3.05, 3.63) is 151 Å². The van der Waals surface area contributed by atoms with Crippen molar-refractivity contribution >= 4 is 56.1 Å². The summed E-state index contributed by atoms with van der Waals surface area (Å²) in [5.41, 5.74) is 7.56. The minimum Gasteiger partial charge on any atom is -0.478 e. The molecule has 0 atom stereocenters. The number of nitrogens with zero attached hydrogens (tertiary/aromatic N) is 6. The molecule has 0 unspecified atom stereocenters. The number of carboxylic acid groups (broad SMARTS) is 1. The molecule has 0 amide bonds. The number of aromatic carboxylic acids is 1. The topological polar surface area (TPSA) is 109 Å². The molecule has 0 aliphatic heterocycles. The van der Waals surface area contributed by atoms with Gasteiger partial charge in [0, 0.05) is 65.5 Å². The molecule has 0 saturated heterocycles. The van der Waals surface area contributed by atoms with Gasteiger partial charge in [0.25, 0.3) is 6.47 Å². The zero-order valence-electron chi connectivity index (χ0n) is 30.8. The second-order valence-electron chi connectivity index (χ2n) is 14.3. The Labute approximate surface area is 322 Å². The number of carbonyl (C=O) groups excluding carboxylic acids is 1. The summed E-state index contributed by atoms with van der Waals surface area (Å²) in [5.74, 6) is -1.21. The van der Waals surface area contributed by atoms with Crippen molar-refractivity contribution in [3.63, 3.8) is 0 Å². The van der Waals surface area contributed by atoms with Crippen LogP contribution >= 0.6 is 0 Å². The van der Waals surface area contributed by atoms with Gasteiger partial charge in [-0.25, -0.2) is 14.8 Å². The normalized spacial score (nSPS) is 11.6. The Morgan fingerprint density at radius 2 is 1.11 bits per heavy atom. The summed E-state index contributed by atoms with van der Waals surface area (Å²) in [6.07, 6.45) is 17.3. The number of rotatable bonds is 15. The van der Waals surface area contributed by atoms with Crippen LogP contribution in [0.15, 0.2) is 135 Å². The molecular weight excluding hydrogens is 701 g/mol. The third kappa shape index (κ3) is 6.49. The van der Waals surface area contributed by atoms with Gasteiger partial charge < -0.3 is 28.1 Å². The Morgan fingerprint density at radius 3 is 1.59 bits per heavy atom. The van der Waals surface area contributed by atoms with Crippen LogP contribution in [0.2, 0.25) is 0 Å². The van der Waals surface area contributed by atoms with E-state index >= 15 is 0 Å². The molecule has 4 aromatic heterocycles. The van der Waals surface area contributed by atoms with Crippen LogP contribution in [-0.4, -0.2) is 45.8 Å². The van der Waals surface area contributed by atoms with Crippen LogP contribution in [0, 0.1) is 0 Å². The van der Waals surface area contributed by atoms with E-state index in [0.29, 0.717) is 11.4 Å². The molecule has 0 aliphatic carbocycles. The summed E-state index contributed by atoms with van der Waals surface area (Å²) in [4.78, 5) is 32.9. The second-order valence-corrected chi connectivity index (χ2v) is 14.3. The smallest absolute Gasteiger partial charge is 0.339 e. The van der Waals surface area contributed by atoms with Gasteiger partial charge >= 0.3 is 5.97 Å². The molecule has 0 spiro atoms. The van der Waals surface area contributed by atoms with Gasteiger partial charge in [-0.15, -0.1) is 0 Å². The van der Waals surface area contributed by atoms with Crippen molar-refractivity contribution in [2.24, 2.45) is 0 Å². The van der Waals surface area contributed by atoms with Crippen molar-refractivity contribution in [1.82, 2.24) is 28.2 Å². The Bertz CT molecular complexity index is 2850. The molecule has 0 fully saturated rings. The standard InChI is InChI=1S/C46H40N6O4/c53-31-56-45-28-44(52-40-14-4-2-12-35(40)37-26-33(16-18-42(37)52)10-6-8-22-50-24-20-48-30-50)43(27-38(45)46(54)55)51-39-13-3-1-11-34(39)36-25-32(15-17-41(36)51)9-5-7-21-49-23-19-47-29-49/h1-4,11-20,23-31H,5-10,21-22H2,(H,54,55). The lowest BCUT2D eigenvalue weighted by Crippen LogP contribution is -2.09. The molecule has 0 aliphatic rings. The van der Waals surface area contributed by atoms with Crippen molar-refractivity contribution in [2.45, 2.75) is 51.6 Å². The van der Waals surface area contributed by atoms with Gasteiger partial charge in [-0.2, -0.15) is 0 Å². The Morgan fingerprint density at radius 1 is 0.607 bits per heavy atom. The summed E-state index contributed by atoms with van der Waals surface area (Å²) >= 11 is 0. The first-order valence-electron chi connectivity index (χ1n) is 19.1. The predicted molar refractivity (Wildman–Crippen MR) is 219 cm³/mol. The molecule has 278 valence electrons. The highest BCUT2D eigenvalue weighted by Gasteiger charge is 2.24. The average Bonchev–Trinajstić information content (AvgIpc) is 4.05. The zero-order chi connectivity index (χ0) is 38.0. The largest absolute Gasteiger partial charge is 0.478 e. The van der Waals surface area contributed by atoms with Crippen LogP contribution in [-0.2, 0) is 30.7 Å². The number of ether oxygens (including phenoxy) is 1. The summed E-state index contributed by atoms with van der Waals surface area (Å²) < 4.78 is 13.9. The van der Waals surface area contributed by atoms with E-state index in [-0.39, 0.29) is 17.8 Å². The average molecular weight is 741 g/mol. The van der Waals surface area contributed by atoms with E-state index in [1.165, 1.54) is 11.1 Å². The number of carboxylic acids is 1. The minimum atomic E-state index is -1.19. The van der Waals surface area contributed by atoms with Crippen molar-refractivity contribution < 1.29 is 19.4 Å². The van der Waals surface area contributed by atoms with Crippen LogP contribution in [0.3, 0.4) is 0 Å². The maximum absolute atomic E-state index is 12.8. The Hall–Kier alpha value is -6.94. The number of imidazole rings is 2. The number of unbranched alkanes of at least 4 members (excludes halogenated alkanes) is 2. The van der Waals surface area contributed by atoms with Crippen LogP contribution < -0.4 is 4.74 Å². The van der Waals surface area contributed by atoms with E-state index in [1.54, 1.807) is 12.1 Å². The fraction of sp³-hybridized carbons (Fsp3) is 0.174. The van der Waals surface area contributed by atoms with E-state index in [0.717, 1.165) is 95.2 Å². The van der Waals surface area contributed by atoms with Crippen LogP contribution in [0.5, 0.6) is 5.75 Å². The van der Waals surface area contributed by atoms with Gasteiger partial charge in [0.05, 0.1) is 46.1 Å².